The van der Waals surface area contributed by atoms with Crippen LogP contribution >= 0.6 is 0 Å². The average molecular weight is 415 g/mol. The Labute approximate surface area is 179 Å². The molecule has 1 aromatic heterocycles. The fourth-order valence-electron chi connectivity index (χ4n) is 2.94. The van der Waals surface area contributed by atoms with Crippen LogP contribution in [-0.2, 0) is 0 Å². The van der Waals surface area contributed by atoms with Crippen LogP contribution in [0.25, 0.3) is 11.0 Å². The summed E-state index contributed by atoms with van der Waals surface area (Å²) in [4.78, 5) is 12.7. The van der Waals surface area contributed by atoms with E-state index in [9.17, 15) is 4.79 Å². The van der Waals surface area contributed by atoms with Crippen LogP contribution in [0, 0.1) is 0 Å². The van der Waals surface area contributed by atoms with Crippen LogP contribution in [0.4, 0.5) is 0 Å². The molecule has 2 rings (SSSR count). The zero-order valence-electron chi connectivity index (χ0n) is 19.2. The van der Waals surface area contributed by atoms with Crippen molar-refractivity contribution in [3.05, 3.63) is 51.9 Å². The number of benzene rings is 1. The minimum Gasteiger partial charge on any atom is -0.487 e. The van der Waals surface area contributed by atoms with Crippen molar-refractivity contribution in [2.45, 2.75) is 73.5 Å². The van der Waals surface area contributed by atoms with Crippen molar-refractivity contribution in [1.29, 1.82) is 0 Å². The molecule has 0 amide bonds. The van der Waals surface area contributed by atoms with Gasteiger partial charge < -0.3 is 18.6 Å². The molecule has 0 saturated heterocycles. The molecule has 0 aliphatic carbocycles. The molecule has 0 unspecified atom stereocenters. The van der Waals surface area contributed by atoms with E-state index in [-0.39, 0.29) is 18.0 Å². The van der Waals surface area contributed by atoms with Crippen molar-refractivity contribution >= 4 is 11.0 Å². The third-order valence-electron chi connectivity index (χ3n) is 4.28. The maximum absolute atomic E-state index is 12.7. The number of ether oxygens (including phenoxy) is 3. The Morgan fingerprint density at radius 2 is 1.70 bits per heavy atom. The molecule has 0 bridgehead atoms. The van der Waals surface area contributed by atoms with Crippen LogP contribution in [-0.4, -0.2) is 18.8 Å². The Balaban J connectivity index is 2.39. The van der Waals surface area contributed by atoms with Gasteiger partial charge in [-0.05, 0) is 79.5 Å². The van der Waals surface area contributed by atoms with Crippen molar-refractivity contribution in [2.75, 3.05) is 6.61 Å². The summed E-state index contributed by atoms with van der Waals surface area (Å²) >= 11 is 0. The van der Waals surface area contributed by atoms with Crippen LogP contribution in [0.5, 0.6) is 17.2 Å². The van der Waals surface area contributed by atoms with Gasteiger partial charge in [0.1, 0.15) is 6.61 Å². The van der Waals surface area contributed by atoms with Gasteiger partial charge in [-0.2, -0.15) is 0 Å². The van der Waals surface area contributed by atoms with Gasteiger partial charge in [0.05, 0.1) is 17.6 Å². The quantitative estimate of drug-likeness (QED) is 0.331. The van der Waals surface area contributed by atoms with E-state index >= 15 is 0 Å². The zero-order chi connectivity index (χ0) is 22.3. The maximum Gasteiger partial charge on any atom is 0.383 e. The minimum atomic E-state index is -0.574. The number of allylic oxidation sites excluding steroid dienone is 3. The minimum absolute atomic E-state index is 0.0525. The highest BCUT2D eigenvalue weighted by atomic mass is 16.5. The highest BCUT2D eigenvalue weighted by Crippen LogP contribution is 2.37. The van der Waals surface area contributed by atoms with E-state index in [1.54, 1.807) is 6.07 Å². The summed E-state index contributed by atoms with van der Waals surface area (Å²) < 4.78 is 23.2. The molecule has 0 aliphatic heterocycles. The highest BCUT2D eigenvalue weighted by molar-refractivity contribution is 5.89. The van der Waals surface area contributed by atoms with Crippen molar-refractivity contribution in [3.63, 3.8) is 0 Å². The predicted octanol–water partition coefficient (Wildman–Crippen LogP) is 6.44. The number of fused-ring (bicyclic) bond motifs is 1. The van der Waals surface area contributed by atoms with Gasteiger partial charge in [-0.3, -0.25) is 0 Å². The number of rotatable bonds is 10. The first-order valence-electron chi connectivity index (χ1n) is 10.5. The summed E-state index contributed by atoms with van der Waals surface area (Å²) in [6, 6.07) is 5.48. The summed E-state index contributed by atoms with van der Waals surface area (Å²) in [5, 5.41) is 0.652. The monoisotopic (exact) mass is 414 g/mol. The Morgan fingerprint density at radius 1 is 1.00 bits per heavy atom. The van der Waals surface area contributed by atoms with Gasteiger partial charge in [-0.15, -0.1) is 0 Å². The first-order chi connectivity index (χ1) is 14.2. The normalized spacial score (nSPS) is 11.8. The van der Waals surface area contributed by atoms with Crippen molar-refractivity contribution in [3.8, 4) is 17.2 Å². The van der Waals surface area contributed by atoms with E-state index < -0.39 is 5.63 Å². The van der Waals surface area contributed by atoms with E-state index in [0.717, 1.165) is 12.8 Å². The maximum atomic E-state index is 12.7. The summed E-state index contributed by atoms with van der Waals surface area (Å²) in [7, 11) is 0. The lowest BCUT2D eigenvalue weighted by Gasteiger charge is -2.17. The van der Waals surface area contributed by atoms with Crippen LogP contribution in [0.15, 0.2) is 50.7 Å². The standard InChI is InChI=1S/C25H34O5/c1-16(2)10-8-11-19(7)14-15-27-23-20-12-9-13-21(28-17(3)4)22(20)30-25(26)24(23)29-18(5)6/h9-10,12-14,17-18H,8,11,15H2,1-7H3. The third kappa shape index (κ3) is 6.68. The van der Waals surface area contributed by atoms with E-state index in [1.807, 2.05) is 45.9 Å². The topological polar surface area (TPSA) is 57.9 Å². The predicted molar refractivity (Wildman–Crippen MR) is 122 cm³/mol. The van der Waals surface area contributed by atoms with Gasteiger partial charge in [0, 0.05) is 0 Å². The molecule has 5 nitrogen and oxygen atoms in total. The number of hydrogen-bond donors (Lipinski definition) is 0. The fourth-order valence-corrected chi connectivity index (χ4v) is 2.94. The second-order valence-electron chi connectivity index (χ2n) is 8.20. The third-order valence-corrected chi connectivity index (χ3v) is 4.28. The molecule has 0 atom stereocenters. The summed E-state index contributed by atoms with van der Waals surface area (Å²) in [6.45, 7) is 14.2. The van der Waals surface area contributed by atoms with Crippen LogP contribution < -0.4 is 19.8 Å². The first kappa shape index (κ1) is 23.6. The summed E-state index contributed by atoms with van der Waals surface area (Å²) in [5.74, 6) is 0.987. The SMILES string of the molecule is CC(C)=CCCC(C)=CCOc1c(OC(C)C)c(=O)oc2c(OC(C)C)cccc12. The zero-order valence-corrected chi connectivity index (χ0v) is 19.2. The van der Waals surface area contributed by atoms with Gasteiger partial charge in [-0.25, -0.2) is 4.79 Å². The van der Waals surface area contributed by atoms with Crippen molar-refractivity contribution < 1.29 is 18.6 Å². The molecule has 0 spiro atoms. The largest absolute Gasteiger partial charge is 0.487 e. The summed E-state index contributed by atoms with van der Waals surface area (Å²) in [6.07, 6.45) is 5.98. The lowest BCUT2D eigenvalue weighted by molar-refractivity contribution is 0.214. The Hall–Kier alpha value is -2.69. The number of para-hydroxylation sites is 1. The van der Waals surface area contributed by atoms with Crippen LogP contribution in [0.2, 0.25) is 0 Å². The molecule has 30 heavy (non-hydrogen) atoms. The van der Waals surface area contributed by atoms with Crippen LogP contribution in [0.3, 0.4) is 0 Å². The Morgan fingerprint density at radius 3 is 2.33 bits per heavy atom. The van der Waals surface area contributed by atoms with E-state index in [2.05, 4.69) is 26.8 Å². The second-order valence-corrected chi connectivity index (χ2v) is 8.20. The van der Waals surface area contributed by atoms with Gasteiger partial charge in [0.25, 0.3) is 0 Å². The lowest BCUT2D eigenvalue weighted by Crippen LogP contribution is -2.16. The first-order valence-corrected chi connectivity index (χ1v) is 10.5. The molecule has 0 N–H and O–H groups in total. The fraction of sp³-hybridized carbons (Fsp3) is 0.480. The van der Waals surface area contributed by atoms with E-state index in [0.29, 0.717) is 29.1 Å². The lowest BCUT2D eigenvalue weighted by atomic mass is 10.1. The smallest absolute Gasteiger partial charge is 0.383 e. The molecule has 1 heterocycles. The molecule has 2 aromatic rings. The molecule has 0 fully saturated rings. The Kier molecular flexibility index (Phi) is 8.58. The van der Waals surface area contributed by atoms with Gasteiger partial charge in [0.2, 0.25) is 5.75 Å². The molecule has 0 saturated carbocycles. The van der Waals surface area contributed by atoms with E-state index in [1.165, 1.54) is 11.1 Å². The molecule has 0 aliphatic rings. The average Bonchev–Trinajstić information content (AvgIpc) is 2.63. The molecular weight excluding hydrogens is 380 g/mol. The Bertz CT molecular complexity index is 959. The highest BCUT2D eigenvalue weighted by Gasteiger charge is 2.21. The molecular formula is C25H34O5. The molecule has 5 heteroatoms. The second kappa shape index (κ2) is 10.9. The van der Waals surface area contributed by atoms with Crippen LogP contribution in [0.1, 0.15) is 61.3 Å². The molecule has 0 radical (unpaired) electrons. The van der Waals surface area contributed by atoms with E-state index in [4.69, 9.17) is 18.6 Å². The van der Waals surface area contributed by atoms with Gasteiger partial charge >= 0.3 is 5.63 Å². The van der Waals surface area contributed by atoms with Gasteiger partial charge in [-0.1, -0.05) is 23.3 Å². The van der Waals surface area contributed by atoms with Crippen molar-refractivity contribution in [1.82, 2.24) is 0 Å². The summed E-state index contributed by atoms with van der Waals surface area (Å²) in [5.41, 5.74) is 2.34. The molecule has 164 valence electrons. The number of hydrogen-bond acceptors (Lipinski definition) is 5. The molecule has 1 aromatic carbocycles. The van der Waals surface area contributed by atoms with Crippen molar-refractivity contribution in [2.24, 2.45) is 0 Å². The van der Waals surface area contributed by atoms with Gasteiger partial charge in [0.15, 0.2) is 17.1 Å².